The fourth-order valence-electron chi connectivity index (χ4n) is 8.26. The highest BCUT2D eigenvalue weighted by Crippen LogP contribution is 2.43. The molecular weight excluding hydrogens is 854 g/mol. The predicted octanol–water partition coefficient (Wildman–Crippen LogP) is 15.6. The molecule has 0 aromatic carbocycles. The van der Waals surface area contributed by atoms with E-state index in [9.17, 15) is 34.1 Å². The van der Waals surface area contributed by atoms with Crippen LogP contribution in [0.2, 0.25) is 0 Å². The molecule has 3 atom stereocenters. The van der Waals surface area contributed by atoms with Gasteiger partial charge in [-0.2, -0.15) is 0 Å². The third-order valence-corrected chi connectivity index (χ3v) is 13.5. The molecule has 390 valence electrons. The molecular formula is C54H104NO10P. The predicted molar refractivity (Wildman–Crippen MR) is 273 cm³/mol. The Morgan fingerprint density at radius 3 is 1.15 bits per heavy atom. The average Bonchev–Trinajstić information content (AvgIpc) is 3.29. The summed E-state index contributed by atoms with van der Waals surface area (Å²) in [6.45, 7) is 2.65. The van der Waals surface area contributed by atoms with Gasteiger partial charge in [0.1, 0.15) is 12.7 Å². The van der Waals surface area contributed by atoms with Crippen molar-refractivity contribution in [1.29, 1.82) is 0 Å². The number of rotatable bonds is 53. The lowest BCUT2D eigenvalue weighted by Crippen LogP contribution is -2.43. The molecule has 0 fully saturated rings. The van der Waals surface area contributed by atoms with Crippen LogP contribution in [0.3, 0.4) is 0 Å². The van der Waals surface area contributed by atoms with E-state index in [1.807, 2.05) is 0 Å². The number of carboxylic acids is 1. The summed E-state index contributed by atoms with van der Waals surface area (Å²) in [5.41, 5.74) is 0. The van der Waals surface area contributed by atoms with Gasteiger partial charge in [0.05, 0.1) is 13.2 Å². The Labute approximate surface area is 405 Å². The zero-order valence-electron chi connectivity index (χ0n) is 42.8. The van der Waals surface area contributed by atoms with Crippen LogP contribution < -0.4 is 5.32 Å². The molecule has 0 bridgehead atoms. The number of hydrogen-bond donors (Lipinski definition) is 4. The maximum absolute atomic E-state index is 12.4. The Morgan fingerprint density at radius 2 is 0.788 bits per heavy atom. The van der Waals surface area contributed by atoms with E-state index in [0.717, 1.165) is 51.4 Å². The molecule has 0 heterocycles. The largest absolute Gasteiger partial charge is 0.480 e. The molecule has 0 saturated heterocycles. The van der Waals surface area contributed by atoms with Crippen LogP contribution in [-0.2, 0) is 32.7 Å². The molecule has 11 nitrogen and oxygen atoms in total. The summed E-state index contributed by atoms with van der Waals surface area (Å²) >= 11 is 0. The number of amides is 1. The lowest BCUT2D eigenvalue weighted by molar-refractivity contribution is -0.147. The van der Waals surface area contributed by atoms with Crippen molar-refractivity contribution >= 4 is 25.7 Å². The molecule has 1 amide bonds. The van der Waals surface area contributed by atoms with E-state index in [0.29, 0.717) is 12.8 Å². The number of allylic oxidation sites excluding steroid dienone is 2. The molecule has 3 unspecified atom stereocenters. The van der Waals surface area contributed by atoms with Crippen molar-refractivity contribution in [2.24, 2.45) is 0 Å². The van der Waals surface area contributed by atoms with Crippen LogP contribution in [0.1, 0.15) is 284 Å². The van der Waals surface area contributed by atoms with Gasteiger partial charge in [-0.15, -0.1) is 0 Å². The summed E-state index contributed by atoms with van der Waals surface area (Å²) < 4.78 is 27.0. The molecule has 0 saturated carbocycles. The highest BCUT2D eigenvalue weighted by molar-refractivity contribution is 7.47. The molecule has 0 rings (SSSR count). The number of ether oxygens (including phenoxy) is 1. The van der Waals surface area contributed by atoms with Crippen molar-refractivity contribution in [3.8, 4) is 0 Å². The maximum Gasteiger partial charge on any atom is 0.472 e. The Morgan fingerprint density at radius 1 is 0.470 bits per heavy atom. The fourth-order valence-corrected chi connectivity index (χ4v) is 9.03. The Bertz CT molecular complexity index is 1170. The number of aliphatic carboxylic acids is 1. The zero-order valence-corrected chi connectivity index (χ0v) is 43.7. The lowest BCUT2D eigenvalue weighted by Gasteiger charge is -2.18. The summed E-state index contributed by atoms with van der Waals surface area (Å²) in [5.74, 6) is -2.36. The van der Waals surface area contributed by atoms with Crippen molar-refractivity contribution in [3.63, 3.8) is 0 Å². The summed E-state index contributed by atoms with van der Waals surface area (Å²) in [7, 11) is -4.76. The number of aliphatic hydroxyl groups excluding tert-OH is 1. The van der Waals surface area contributed by atoms with Crippen molar-refractivity contribution in [2.75, 3.05) is 19.8 Å². The minimum absolute atomic E-state index is 0.144. The van der Waals surface area contributed by atoms with Gasteiger partial charge in [-0.1, -0.05) is 244 Å². The second kappa shape index (κ2) is 49.6. The van der Waals surface area contributed by atoms with E-state index < -0.39 is 57.6 Å². The molecule has 4 N–H and O–H groups in total. The first kappa shape index (κ1) is 64.2. The van der Waals surface area contributed by atoms with Gasteiger partial charge in [-0.25, -0.2) is 9.36 Å². The quantitative estimate of drug-likeness (QED) is 0.0199. The number of carbonyl (C=O) groups excluding carboxylic acids is 2. The van der Waals surface area contributed by atoms with Gasteiger partial charge in [-0.05, 0) is 38.5 Å². The number of nitrogens with one attached hydrogen (secondary N) is 1. The van der Waals surface area contributed by atoms with Crippen molar-refractivity contribution in [2.45, 2.75) is 296 Å². The van der Waals surface area contributed by atoms with Crippen molar-refractivity contribution in [3.05, 3.63) is 12.2 Å². The van der Waals surface area contributed by atoms with Gasteiger partial charge in [0.15, 0.2) is 6.04 Å². The summed E-state index contributed by atoms with van der Waals surface area (Å²) in [6, 6.07) is -1.55. The number of carbonyl (C=O) groups is 3. The number of carboxylic acid groups (broad SMARTS) is 1. The topological polar surface area (TPSA) is 169 Å². The minimum atomic E-state index is -4.76. The van der Waals surface area contributed by atoms with Gasteiger partial charge in [0.25, 0.3) is 0 Å². The van der Waals surface area contributed by atoms with E-state index in [2.05, 4.69) is 31.3 Å². The van der Waals surface area contributed by atoms with Crippen molar-refractivity contribution in [1.82, 2.24) is 5.32 Å². The average molecular weight is 958 g/mol. The van der Waals surface area contributed by atoms with Crippen LogP contribution in [-0.4, -0.2) is 64.9 Å². The van der Waals surface area contributed by atoms with Crippen LogP contribution in [0.5, 0.6) is 0 Å². The van der Waals surface area contributed by atoms with Crippen LogP contribution in [0.25, 0.3) is 0 Å². The highest BCUT2D eigenvalue weighted by atomic mass is 31.2. The first-order chi connectivity index (χ1) is 32.1. The minimum Gasteiger partial charge on any atom is -0.480 e. The number of unbranched alkanes of at least 4 members (excludes halogenated alkanes) is 37. The first-order valence-electron chi connectivity index (χ1n) is 27.7. The molecule has 0 aromatic heterocycles. The normalized spacial score (nSPS) is 13.5. The number of esters is 1. The van der Waals surface area contributed by atoms with Gasteiger partial charge >= 0.3 is 19.8 Å². The smallest absolute Gasteiger partial charge is 0.472 e. The Hall–Kier alpha value is -1.78. The van der Waals surface area contributed by atoms with Crippen molar-refractivity contribution < 1.29 is 47.8 Å². The van der Waals surface area contributed by atoms with Crippen LogP contribution in [0.4, 0.5) is 0 Å². The molecule has 12 heteroatoms. The number of hydrogen-bond acceptors (Lipinski definition) is 8. The number of phosphoric acid groups is 1. The third kappa shape index (κ3) is 48.7. The molecule has 0 aliphatic carbocycles. The molecule has 0 aliphatic heterocycles. The number of aliphatic hydroxyl groups is 1. The second-order valence-corrected chi connectivity index (χ2v) is 20.6. The lowest BCUT2D eigenvalue weighted by atomic mass is 10.0. The molecule has 66 heavy (non-hydrogen) atoms. The van der Waals surface area contributed by atoms with Gasteiger partial charge < -0.3 is 25.2 Å². The molecule has 0 aromatic rings. The fraction of sp³-hybridized carbons (Fsp3) is 0.907. The maximum atomic E-state index is 12.4. The van der Waals surface area contributed by atoms with Crippen LogP contribution >= 0.6 is 7.82 Å². The summed E-state index contributed by atoms with van der Waals surface area (Å²) in [6.07, 6.45) is 53.9. The first-order valence-corrected chi connectivity index (χ1v) is 29.2. The molecule has 0 spiro atoms. The third-order valence-electron chi connectivity index (χ3n) is 12.6. The van der Waals surface area contributed by atoms with E-state index in [1.165, 1.54) is 193 Å². The monoisotopic (exact) mass is 958 g/mol. The Kier molecular flexibility index (Phi) is 48.3. The van der Waals surface area contributed by atoms with Gasteiger partial charge in [0.2, 0.25) is 5.91 Å². The van der Waals surface area contributed by atoms with E-state index >= 15 is 0 Å². The highest BCUT2D eigenvalue weighted by Gasteiger charge is 2.28. The number of phosphoric ester groups is 1. The summed E-state index contributed by atoms with van der Waals surface area (Å²) in [4.78, 5) is 46.2. The SMILES string of the molecule is CCCCCCCCC/C=C\CCCCCCCCCC(=O)NC(COP(=O)(O)OCC(O)COC(=O)CCCCCCCCCCCCCCCCCCCCCCCCCC)C(=O)O. The molecule has 0 radical (unpaired) electrons. The van der Waals surface area contributed by atoms with E-state index in [4.69, 9.17) is 13.8 Å². The van der Waals surface area contributed by atoms with Crippen LogP contribution in [0.15, 0.2) is 12.2 Å². The van der Waals surface area contributed by atoms with E-state index in [1.54, 1.807) is 0 Å². The van der Waals surface area contributed by atoms with E-state index in [-0.39, 0.29) is 12.8 Å². The summed E-state index contributed by atoms with van der Waals surface area (Å²) in [5, 5.41) is 22.0. The van der Waals surface area contributed by atoms with Crippen LogP contribution in [0, 0.1) is 0 Å². The Balaban J connectivity index is 3.74. The van der Waals surface area contributed by atoms with Gasteiger partial charge in [0, 0.05) is 12.8 Å². The standard InChI is InChI=1S/C54H104NO10P/c1-3-5-7-9-11-13-15-17-19-21-23-24-25-26-27-28-30-32-34-36-38-40-42-44-46-53(58)63-47-50(56)48-64-66(61,62)65-49-51(54(59)60)55-52(57)45-43-41-39-37-35-33-31-29-22-20-18-16-14-12-10-8-6-4-2/h20,22,50-51,56H,3-19,21,23-49H2,1-2H3,(H,55,57)(H,59,60)(H,61,62)/b22-20-. The second-order valence-electron chi connectivity index (χ2n) is 19.1. The van der Waals surface area contributed by atoms with Gasteiger partial charge in [-0.3, -0.25) is 18.6 Å². The molecule has 0 aliphatic rings. The zero-order chi connectivity index (χ0) is 48.4.